The number of aromatic nitrogens is 1. The summed E-state index contributed by atoms with van der Waals surface area (Å²) < 4.78 is 4.49. The number of hydrogen-bond acceptors (Lipinski definition) is 2. The van der Waals surface area contributed by atoms with Crippen LogP contribution in [-0.4, -0.2) is 4.37 Å². The van der Waals surface area contributed by atoms with E-state index in [1.807, 2.05) is 0 Å². The lowest BCUT2D eigenvalue weighted by atomic mass is 9.80. The highest BCUT2D eigenvalue weighted by atomic mass is 32.1. The molecule has 1 nitrogen and oxygen atoms in total. The van der Waals surface area contributed by atoms with Gasteiger partial charge in [0.15, 0.2) is 0 Å². The highest BCUT2D eigenvalue weighted by Gasteiger charge is 2.29. The highest BCUT2D eigenvalue weighted by molar-refractivity contribution is 7.06. The van der Waals surface area contributed by atoms with E-state index in [1.165, 1.54) is 16.1 Å². The van der Waals surface area contributed by atoms with Crippen LogP contribution < -0.4 is 0 Å². The Labute approximate surface area is 91.7 Å². The van der Waals surface area contributed by atoms with Crippen LogP contribution in [0.5, 0.6) is 0 Å². The first-order valence-corrected chi connectivity index (χ1v) is 5.88. The van der Waals surface area contributed by atoms with Crippen LogP contribution in [0.2, 0.25) is 0 Å². The van der Waals surface area contributed by atoms with Gasteiger partial charge in [-0.15, -0.1) is 0 Å². The third-order valence-electron chi connectivity index (χ3n) is 2.29. The number of hydrogen-bond donors (Lipinski definition) is 0. The molecule has 2 heteroatoms. The van der Waals surface area contributed by atoms with Gasteiger partial charge in [-0.25, -0.2) is 0 Å². The van der Waals surface area contributed by atoms with Gasteiger partial charge in [0.1, 0.15) is 0 Å². The first-order chi connectivity index (χ1) is 6.14. The third-order valence-corrected chi connectivity index (χ3v) is 3.66. The Balaban J connectivity index is 3.35. The smallest absolute Gasteiger partial charge is 0.0551 e. The van der Waals surface area contributed by atoms with Crippen LogP contribution >= 0.6 is 11.5 Å². The molecule has 0 aliphatic heterocycles. The van der Waals surface area contributed by atoms with Crippen molar-refractivity contribution >= 4 is 11.5 Å². The molecule has 80 valence electrons. The third kappa shape index (κ3) is 2.17. The SMILES string of the molecule is Cc1nsc(C(C)(C)C)c1C(C)(C)C. The molecule has 1 aromatic heterocycles. The molecular weight excluding hydrogens is 190 g/mol. The van der Waals surface area contributed by atoms with Crippen LogP contribution in [0.1, 0.15) is 57.7 Å². The van der Waals surface area contributed by atoms with E-state index in [0.29, 0.717) is 0 Å². The summed E-state index contributed by atoms with van der Waals surface area (Å²) in [5.41, 5.74) is 3.07. The summed E-state index contributed by atoms with van der Waals surface area (Å²) in [6.07, 6.45) is 0. The van der Waals surface area contributed by atoms with Crippen LogP contribution in [0.4, 0.5) is 0 Å². The Hall–Kier alpha value is -0.370. The summed E-state index contributed by atoms with van der Waals surface area (Å²) in [5, 5.41) is 0. The topological polar surface area (TPSA) is 12.9 Å². The van der Waals surface area contributed by atoms with Gasteiger partial charge in [-0.05, 0) is 34.8 Å². The second-order valence-corrected chi connectivity index (χ2v) is 6.75. The summed E-state index contributed by atoms with van der Waals surface area (Å²) in [4.78, 5) is 1.43. The van der Waals surface area contributed by atoms with E-state index < -0.39 is 0 Å². The molecule has 14 heavy (non-hydrogen) atoms. The first-order valence-electron chi connectivity index (χ1n) is 5.11. The molecule has 1 aromatic rings. The lowest BCUT2D eigenvalue weighted by Gasteiger charge is -2.26. The molecule has 0 N–H and O–H groups in total. The van der Waals surface area contributed by atoms with E-state index >= 15 is 0 Å². The molecule has 0 aromatic carbocycles. The molecular formula is C12H21NS. The lowest BCUT2D eigenvalue weighted by molar-refractivity contribution is 0.538. The maximum atomic E-state index is 4.49. The van der Waals surface area contributed by atoms with Gasteiger partial charge >= 0.3 is 0 Å². The fourth-order valence-corrected chi connectivity index (χ4v) is 2.90. The Morgan fingerprint density at radius 3 is 1.71 bits per heavy atom. The zero-order chi connectivity index (χ0) is 11.1. The van der Waals surface area contributed by atoms with Crippen LogP contribution in [-0.2, 0) is 10.8 Å². The van der Waals surface area contributed by atoms with Crippen LogP contribution in [0.25, 0.3) is 0 Å². The Morgan fingerprint density at radius 1 is 0.929 bits per heavy atom. The van der Waals surface area contributed by atoms with Crippen molar-refractivity contribution in [2.75, 3.05) is 0 Å². The fraction of sp³-hybridized carbons (Fsp3) is 0.750. The van der Waals surface area contributed by atoms with Crippen LogP contribution in [0.3, 0.4) is 0 Å². The molecule has 0 bridgehead atoms. The van der Waals surface area contributed by atoms with Gasteiger partial charge in [-0.2, -0.15) is 4.37 Å². The molecule has 0 aliphatic rings. The molecule has 1 rings (SSSR count). The molecule has 0 amide bonds. The minimum Gasteiger partial charge on any atom is -0.197 e. The quantitative estimate of drug-likeness (QED) is 0.631. The van der Waals surface area contributed by atoms with E-state index in [0.717, 1.165) is 0 Å². The predicted octanol–water partition coefficient (Wildman–Crippen LogP) is 4.05. The van der Waals surface area contributed by atoms with Crippen molar-refractivity contribution in [3.8, 4) is 0 Å². The molecule has 0 saturated carbocycles. The monoisotopic (exact) mass is 211 g/mol. The Morgan fingerprint density at radius 2 is 1.43 bits per heavy atom. The highest BCUT2D eigenvalue weighted by Crippen LogP contribution is 2.38. The molecule has 0 spiro atoms. The second-order valence-electron chi connectivity index (χ2n) is 5.97. The molecule has 0 fully saturated rings. The zero-order valence-electron chi connectivity index (χ0n) is 10.4. The molecule has 0 saturated heterocycles. The maximum Gasteiger partial charge on any atom is 0.0551 e. The minimum absolute atomic E-state index is 0.208. The van der Waals surface area contributed by atoms with Gasteiger partial charge in [-0.3, -0.25) is 0 Å². The van der Waals surface area contributed by atoms with Gasteiger partial charge in [0.2, 0.25) is 0 Å². The largest absolute Gasteiger partial charge is 0.197 e. The lowest BCUT2D eigenvalue weighted by Crippen LogP contribution is -2.20. The van der Waals surface area contributed by atoms with Crippen LogP contribution in [0.15, 0.2) is 0 Å². The van der Waals surface area contributed by atoms with Gasteiger partial charge in [0, 0.05) is 4.88 Å². The van der Waals surface area contributed by atoms with E-state index in [2.05, 4.69) is 52.8 Å². The summed E-state index contributed by atoms with van der Waals surface area (Å²) >= 11 is 1.66. The van der Waals surface area contributed by atoms with E-state index in [1.54, 1.807) is 11.5 Å². The van der Waals surface area contributed by atoms with Crippen molar-refractivity contribution < 1.29 is 0 Å². The standard InChI is InChI=1S/C12H21NS/c1-8-9(11(2,3)4)10(14-13-8)12(5,6)7/h1-7H3. The molecule has 0 unspecified atom stereocenters. The number of rotatable bonds is 0. The van der Waals surface area contributed by atoms with Crippen LogP contribution in [0, 0.1) is 6.92 Å². The van der Waals surface area contributed by atoms with Crippen molar-refractivity contribution in [3.05, 3.63) is 16.1 Å². The van der Waals surface area contributed by atoms with Crippen molar-refractivity contribution in [2.45, 2.75) is 59.3 Å². The summed E-state index contributed by atoms with van der Waals surface area (Å²) in [7, 11) is 0. The Bertz CT molecular complexity index is 323. The van der Waals surface area contributed by atoms with E-state index in [-0.39, 0.29) is 10.8 Å². The normalized spacial score (nSPS) is 13.4. The summed E-state index contributed by atoms with van der Waals surface area (Å²) in [6.45, 7) is 15.7. The number of aryl methyl sites for hydroxylation is 1. The average molecular weight is 211 g/mol. The van der Waals surface area contributed by atoms with Crippen molar-refractivity contribution in [2.24, 2.45) is 0 Å². The molecule has 1 heterocycles. The molecule has 0 aliphatic carbocycles. The number of nitrogens with zero attached hydrogens (tertiary/aromatic N) is 1. The van der Waals surface area contributed by atoms with E-state index in [9.17, 15) is 0 Å². The predicted molar refractivity (Wildman–Crippen MR) is 64.3 cm³/mol. The average Bonchev–Trinajstić information content (AvgIpc) is 2.27. The Kier molecular flexibility index (Phi) is 2.79. The van der Waals surface area contributed by atoms with Gasteiger partial charge in [-0.1, -0.05) is 41.5 Å². The molecule has 0 atom stereocenters. The summed E-state index contributed by atoms with van der Waals surface area (Å²) in [6, 6.07) is 0. The van der Waals surface area contributed by atoms with Crippen molar-refractivity contribution in [1.82, 2.24) is 4.37 Å². The van der Waals surface area contributed by atoms with Gasteiger partial charge in [0.05, 0.1) is 5.69 Å². The van der Waals surface area contributed by atoms with Gasteiger partial charge in [0.25, 0.3) is 0 Å². The van der Waals surface area contributed by atoms with E-state index in [4.69, 9.17) is 0 Å². The first kappa shape index (κ1) is 11.7. The molecule has 0 radical (unpaired) electrons. The summed E-state index contributed by atoms with van der Waals surface area (Å²) in [5.74, 6) is 0. The van der Waals surface area contributed by atoms with Gasteiger partial charge < -0.3 is 0 Å². The fourth-order valence-electron chi connectivity index (χ4n) is 1.76. The minimum atomic E-state index is 0.208. The van der Waals surface area contributed by atoms with Crippen molar-refractivity contribution in [1.29, 1.82) is 0 Å². The maximum absolute atomic E-state index is 4.49. The zero-order valence-corrected chi connectivity index (χ0v) is 11.2. The second kappa shape index (κ2) is 3.34. The van der Waals surface area contributed by atoms with Crippen molar-refractivity contribution in [3.63, 3.8) is 0 Å².